The predicted octanol–water partition coefficient (Wildman–Crippen LogP) is 21.9. The quantitative estimate of drug-likeness (QED) is 0.0469. The number of nitrogens with one attached hydrogen (secondary N) is 4. The lowest BCUT2D eigenvalue weighted by Crippen LogP contribution is -2.29. The third kappa shape index (κ3) is 16.6. The van der Waals surface area contributed by atoms with Crippen molar-refractivity contribution in [2.75, 3.05) is 46.6 Å². The SMILES string of the molecule is C=C1Cc2cc(-c3coc4c5c(c(CCN(C)C)c(O)c4c3=O)OC(C)(C)C=C5)ccc2N1.CC(C)=CCc1c2c(c3occ(-c4ccc5[nH]ccc5c4)c(=O)c3c1O)C=CC(C)(C)O2.CC(C)=CCc1c2c(c3occ(-c4ccc5nc[nH]c5c4)c(=O)c3c1O)C=CC(C)(C)O2.CN(C)CCc1c2c(c3occ(-c4ccc5[nH]ccc5c4)c(=O)c3c1O)C=CC(C)(C)O2. The smallest absolute Gasteiger partial charge is 0.204 e. The zero-order valence-corrected chi connectivity index (χ0v) is 75.1. The van der Waals surface area contributed by atoms with Gasteiger partial charge in [-0.1, -0.05) is 54.1 Å². The van der Waals surface area contributed by atoms with Crippen LogP contribution < -0.4 is 46.0 Å². The average molecular weight is 1730 g/mol. The number of allylic oxidation sites excluding steroid dienone is 5. The molecule has 7 aromatic heterocycles. The largest absolute Gasteiger partial charge is 0.507 e. The van der Waals surface area contributed by atoms with Gasteiger partial charge in [0.25, 0.3) is 0 Å². The highest BCUT2D eigenvalue weighted by Crippen LogP contribution is 2.51. The molecule has 15 aromatic rings. The second-order valence-corrected chi connectivity index (χ2v) is 36.7. The predicted molar refractivity (Wildman–Crippen MR) is 514 cm³/mol. The molecule has 5 aliphatic heterocycles. The van der Waals surface area contributed by atoms with E-state index in [2.05, 4.69) is 31.8 Å². The summed E-state index contributed by atoms with van der Waals surface area (Å²) < 4.78 is 48.9. The molecule has 0 bridgehead atoms. The summed E-state index contributed by atoms with van der Waals surface area (Å²) >= 11 is 0. The summed E-state index contributed by atoms with van der Waals surface area (Å²) in [5, 5.41) is 51.1. The van der Waals surface area contributed by atoms with Crippen molar-refractivity contribution in [3.8, 4) is 90.5 Å². The Hall–Kier alpha value is -14.6. The van der Waals surface area contributed by atoms with Crippen molar-refractivity contribution < 1.29 is 57.0 Å². The van der Waals surface area contributed by atoms with Gasteiger partial charge in [-0.2, -0.15) is 0 Å². The normalized spacial score (nSPS) is 14.9. The standard InChI is InChI=1S/C27H28N2O4.C27H25NO4.C26H24N2O4.C26H26N2O4/c1-15-12-17-13-16(6-7-21(17)28-15)20-14-32-26-19-8-10-27(2,3)33-25(19)18(9-11-29(4)5)23(30)22(26)24(20)31;1-15(2)5-7-18-23(29)22-24(30)20(16-6-8-21-17(13-16)10-12-28-21)14-31-26(22)19-9-11-27(3,4)32-25(18)19;1-14(2)5-7-16-22(29)21-23(30)18(15-6-8-19-20(11-15)28-13-27-19)12-31-25(21)17-9-10-26(3,4)32-24(16)17;1-26(2)10-7-18-24(32-26)17(9-12-28(3)4)22(29)21-23(30)19(14-31-25(18)21)15-5-6-20-16(13-15)8-11-27-20/h6-8,10,13-14,28,30H,1,9,11-12H2,2-5H3;5-6,8-14,28-29H,7H2,1-4H3;5-6,8-13,29H,7H2,1-4H3,(H,27,28);5-8,10-11,13-14,27,29H,9,12H2,1-4H3. The highest BCUT2D eigenvalue weighted by Gasteiger charge is 2.37. The molecule has 0 radical (unpaired) electrons. The van der Waals surface area contributed by atoms with Gasteiger partial charge in [0.05, 0.1) is 61.9 Å². The third-order valence-corrected chi connectivity index (χ3v) is 23.8. The number of nitrogens with zero attached hydrogens (tertiary/aromatic N) is 3. The van der Waals surface area contributed by atoms with Gasteiger partial charge < -0.3 is 87.1 Å². The van der Waals surface area contributed by atoms with Gasteiger partial charge in [-0.15, -0.1) is 0 Å². The number of H-pyrrole nitrogens is 3. The molecule has 23 heteroatoms. The first-order valence-corrected chi connectivity index (χ1v) is 43.0. The summed E-state index contributed by atoms with van der Waals surface area (Å²) in [4.78, 5) is 72.2. The van der Waals surface area contributed by atoms with Gasteiger partial charge in [0.15, 0.2) is 22.3 Å². The second kappa shape index (κ2) is 33.3. The Bertz CT molecular complexity index is 7390. The molecule has 658 valence electrons. The van der Waals surface area contributed by atoms with Gasteiger partial charge in [0.1, 0.15) is 115 Å². The molecular weight excluding hydrogens is 1630 g/mol. The summed E-state index contributed by atoms with van der Waals surface area (Å²) in [7, 11) is 7.88. The van der Waals surface area contributed by atoms with Crippen molar-refractivity contribution in [3.05, 3.63) is 280 Å². The van der Waals surface area contributed by atoms with Gasteiger partial charge in [-0.25, -0.2) is 4.98 Å². The monoisotopic (exact) mass is 1730 g/mol. The molecule has 0 spiro atoms. The zero-order chi connectivity index (χ0) is 91.4. The third-order valence-electron chi connectivity index (χ3n) is 23.8. The fourth-order valence-electron chi connectivity index (χ4n) is 17.0. The van der Waals surface area contributed by atoms with Crippen LogP contribution in [0.1, 0.15) is 133 Å². The Morgan fingerprint density at radius 3 is 1.15 bits per heavy atom. The lowest BCUT2D eigenvalue weighted by Gasteiger charge is -2.30. The number of benzene rings is 8. The fourth-order valence-corrected chi connectivity index (χ4v) is 17.0. The first kappa shape index (κ1) is 86.6. The maximum atomic E-state index is 13.7. The van der Waals surface area contributed by atoms with E-state index in [1.807, 2.05) is 279 Å². The van der Waals surface area contributed by atoms with E-state index in [0.29, 0.717) is 163 Å². The second-order valence-electron chi connectivity index (χ2n) is 36.7. The number of fused-ring (bicyclic) bond motifs is 16. The highest BCUT2D eigenvalue weighted by atomic mass is 16.5. The van der Waals surface area contributed by atoms with Crippen LogP contribution in [0.4, 0.5) is 5.69 Å². The van der Waals surface area contributed by atoms with Crippen LogP contribution >= 0.6 is 0 Å². The van der Waals surface area contributed by atoms with E-state index < -0.39 is 22.4 Å². The van der Waals surface area contributed by atoms with Crippen LogP contribution in [0, 0.1) is 0 Å². The van der Waals surface area contributed by atoms with E-state index in [-0.39, 0.29) is 66.3 Å². The number of hydrogen-bond acceptors (Lipinski definition) is 20. The molecule has 8 N–H and O–H groups in total. The van der Waals surface area contributed by atoms with E-state index in [9.17, 15) is 39.6 Å². The molecule has 0 aliphatic carbocycles. The number of rotatable bonds is 14. The van der Waals surface area contributed by atoms with Crippen LogP contribution in [0.25, 0.3) is 146 Å². The lowest BCUT2D eigenvalue weighted by atomic mass is 9.93. The summed E-state index contributed by atoms with van der Waals surface area (Å²) in [6.45, 7) is 29.0. The Morgan fingerprint density at radius 1 is 0.434 bits per heavy atom. The molecule has 8 aromatic carbocycles. The first-order valence-electron chi connectivity index (χ1n) is 43.0. The Labute approximate surface area is 743 Å². The highest BCUT2D eigenvalue weighted by molar-refractivity contribution is 6.02. The van der Waals surface area contributed by atoms with Crippen molar-refractivity contribution in [1.82, 2.24) is 29.7 Å². The van der Waals surface area contributed by atoms with Gasteiger partial charge in [0, 0.05) is 76.6 Å². The summed E-state index contributed by atoms with van der Waals surface area (Å²) in [6.07, 6.45) is 33.4. The van der Waals surface area contributed by atoms with Crippen LogP contribution in [0.15, 0.2) is 225 Å². The molecule has 5 aliphatic rings. The minimum Gasteiger partial charge on any atom is -0.507 e. The maximum Gasteiger partial charge on any atom is 0.204 e. The van der Waals surface area contributed by atoms with Crippen molar-refractivity contribution >= 4 is 107 Å². The number of aromatic hydroxyl groups is 4. The van der Waals surface area contributed by atoms with Gasteiger partial charge in [-0.3, -0.25) is 19.2 Å². The van der Waals surface area contributed by atoms with E-state index in [4.69, 9.17) is 36.6 Å². The number of hydrogen-bond donors (Lipinski definition) is 8. The van der Waals surface area contributed by atoms with E-state index in [0.717, 1.165) is 77.6 Å². The minimum atomic E-state index is -0.535. The van der Waals surface area contributed by atoms with Crippen LogP contribution in [-0.2, 0) is 32.1 Å². The molecule has 0 unspecified atom stereocenters. The van der Waals surface area contributed by atoms with Gasteiger partial charge >= 0.3 is 0 Å². The van der Waals surface area contributed by atoms with Crippen LogP contribution in [-0.4, -0.2) is 114 Å². The van der Waals surface area contributed by atoms with Gasteiger partial charge in [-0.05, 0) is 285 Å². The molecule has 0 saturated carbocycles. The fraction of sp³-hybridized carbons (Fsp3) is 0.255. The number of imidazole rings is 1. The summed E-state index contributed by atoms with van der Waals surface area (Å²) in [6, 6.07) is 26.7. The number of aromatic amines is 3. The van der Waals surface area contributed by atoms with Crippen molar-refractivity contribution in [3.63, 3.8) is 0 Å². The van der Waals surface area contributed by atoms with Crippen LogP contribution in [0.2, 0.25) is 0 Å². The van der Waals surface area contributed by atoms with E-state index in [1.165, 1.54) is 25.1 Å². The first-order chi connectivity index (χ1) is 61.4. The van der Waals surface area contributed by atoms with Crippen molar-refractivity contribution in [2.45, 2.75) is 138 Å². The summed E-state index contributed by atoms with van der Waals surface area (Å²) in [5.74, 6) is 1.95. The molecule has 20 rings (SSSR count). The maximum absolute atomic E-state index is 13.7. The molecule has 129 heavy (non-hydrogen) atoms. The Morgan fingerprint density at radius 2 is 0.775 bits per heavy atom. The van der Waals surface area contributed by atoms with E-state index in [1.54, 1.807) is 6.33 Å². The number of likely N-dealkylation sites (N-methyl/N-ethyl adjacent to an activating group) is 2. The van der Waals surface area contributed by atoms with Crippen LogP contribution in [0.5, 0.6) is 46.0 Å². The summed E-state index contributed by atoms with van der Waals surface area (Å²) in [5.41, 5.74) is 16.7. The molecule has 23 nitrogen and oxygen atoms in total. The molecule has 0 fully saturated rings. The Balaban J connectivity index is 0.000000121. The number of ether oxygens (including phenoxy) is 4. The number of anilines is 1. The zero-order valence-electron chi connectivity index (χ0n) is 75.1. The number of phenolic OH excluding ortho intramolecular Hbond substituents is 4. The lowest BCUT2D eigenvalue weighted by molar-refractivity contribution is 0.156. The number of phenols is 4. The molecule has 0 saturated heterocycles. The van der Waals surface area contributed by atoms with Gasteiger partial charge in [0.2, 0.25) is 21.7 Å². The molecular formula is C106H103N7O16. The topological polar surface area (TPSA) is 317 Å². The van der Waals surface area contributed by atoms with E-state index >= 15 is 0 Å². The van der Waals surface area contributed by atoms with Crippen LogP contribution in [0.3, 0.4) is 0 Å². The van der Waals surface area contributed by atoms with Crippen molar-refractivity contribution in [2.24, 2.45) is 0 Å². The molecule has 12 heterocycles. The molecule has 0 atom stereocenters. The average Bonchev–Trinajstić information content (AvgIpc) is 0.795. The Kier molecular flexibility index (Phi) is 22.4. The van der Waals surface area contributed by atoms with Crippen molar-refractivity contribution in [1.29, 1.82) is 0 Å². The molecule has 0 amide bonds. The minimum absolute atomic E-state index is 0.0648. The number of aromatic nitrogens is 4.